The molecule has 1 aliphatic heterocycles. The summed E-state index contributed by atoms with van der Waals surface area (Å²) >= 11 is 0. The van der Waals surface area contributed by atoms with Gasteiger partial charge in [0.05, 0.1) is 11.3 Å². The van der Waals surface area contributed by atoms with Crippen LogP contribution < -0.4 is 10.6 Å². The Labute approximate surface area is 119 Å². The first-order chi connectivity index (χ1) is 9.65. The van der Waals surface area contributed by atoms with Gasteiger partial charge in [-0.3, -0.25) is 0 Å². The van der Waals surface area contributed by atoms with Crippen LogP contribution in [0.3, 0.4) is 0 Å². The van der Waals surface area contributed by atoms with Crippen molar-refractivity contribution in [2.75, 3.05) is 18.0 Å². The van der Waals surface area contributed by atoms with Gasteiger partial charge in [0.1, 0.15) is 0 Å². The minimum absolute atomic E-state index is 0.109. The molecule has 0 unspecified atom stereocenters. The lowest BCUT2D eigenvalue weighted by molar-refractivity contribution is 0.318. The maximum Gasteiger partial charge on any atom is 0.174 e. The van der Waals surface area contributed by atoms with Gasteiger partial charge < -0.3 is 15.8 Å². The highest BCUT2D eigenvalue weighted by atomic mass is 16.4. The molecule has 6 heteroatoms. The molecule has 0 aromatic carbocycles. The number of aromatic nitrogens is 2. The van der Waals surface area contributed by atoms with E-state index in [1.165, 1.54) is 19.3 Å². The molecule has 0 aliphatic carbocycles. The van der Waals surface area contributed by atoms with Crippen LogP contribution in [0.15, 0.2) is 5.16 Å². The summed E-state index contributed by atoms with van der Waals surface area (Å²) < 4.78 is 0. The fourth-order valence-corrected chi connectivity index (χ4v) is 2.63. The number of oxime groups is 1. The summed E-state index contributed by atoms with van der Waals surface area (Å²) in [5.74, 6) is 0.850. The van der Waals surface area contributed by atoms with Crippen molar-refractivity contribution in [2.24, 2.45) is 10.9 Å². The summed E-state index contributed by atoms with van der Waals surface area (Å²) in [4.78, 5) is 2.21. The van der Waals surface area contributed by atoms with Crippen molar-refractivity contribution in [3.8, 4) is 0 Å². The van der Waals surface area contributed by atoms with E-state index in [2.05, 4.69) is 20.3 Å². The number of aryl methyl sites for hydroxylation is 1. The number of hydrogen-bond donors (Lipinski definition) is 2. The van der Waals surface area contributed by atoms with Crippen LogP contribution in [0, 0.1) is 13.8 Å². The van der Waals surface area contributed by atoms with E-state index in [-0.39, 0.29) is 5.84 Å². The Balaban J connectivity index is 2.41. The molecule has 1 aromatic heterocycles. The number of hydrogen-bond acceptors (Lipinski definition) is 5. The van der Waals surface area contributed by atoms with Gasteiger partial charge in [0, 0.05) is 13.1 Å². The Kier molecular flexibility index (Phi) is 4.76. The second-order valence-electron chi connectivity index (χ2n) is 5.35. The third-order valence-electron chi connectivity index (χ3n) is 3.96. The normalized spacial score (nSPS) is 17.7. The van der Waals surface area contributed by atoms with Gasteiger partial charge >= 0.3 is 0 Å². The molecular formula is C14H23N5O. The van der Waals surface area contributed by atoms with E-state index in [1.54, 1.807) is 0 Å². The Hall–Kier alpha value is -1.85. The van der Waals surface area contributed by atoms with Crippen LogP contribution in [0.4, 0.5) is 5.82 Å². The summed E-state index contributed by atoms with van der Waals surface area (Å²) in [6, 6.07) is 0. The van der Waals surface area contributed by atoms with Gasteiger partial charge in [-0.2, -0.15) is 5.10 Å². The second kappa shape index (κ2) is 6.54. The minimum Gasteiger partial charge on any atom is -0.409 e. The molecule has 0 amide bonds. The second-order valence-corrected chi connectivity index (χ2v) is 5.35. The number of rotatable bonds is 2. The third-order valence-corrected chi connectivity index (χ3v) is 3.96. The molecule has 2 heterocycles. The third kappa shape index (κ3) is 3.00. The standard InChI is InChI=1S/C14H23N5O/c1-10-11(2)16-17-14(12(10)13(15)18-20)19-8-6-4-3-5-7-9-19/h20H,3-9H2,1-2H3,(H2,15,18). The fraction of sp³-hybridized carbons (Fsp3) is 0.643. The van der Waals surface area contributed by atoms with Gasteiger partial charge in [0.2, 0.25) is 0 Å². The summed E-state index contributed by atoms with van der Waals surface area (Å²) in [5, 5.41) is 20.7. The lowest BCUT2D eigenvalue weighted by Crippen LogP contribution is -2.32. The van der Waals surface area contributed by atoms with Crippen molar-refractivity contribution in [3.63, 3.8) is 0 Å². The highest BCUT2D eigenvalue weighted by Gasteiger charge is 2.20. The molecule has 0 atom stereocenters. The molecule has 110 valence electrons. The monoisotopic (exact) mass is 277 g/mol. The molecule has 20 heavy (non-hydrogen) atoms. The molecule has 3 N–H and O–H groups in total. The Morgan fingerprint density at radius 2 is 1.70 bits per heavy atom. The number of nitrogens with zero attached hydrogens (tertiary/aromatic N) is 4. The summed E-state index contributed by atoms with van der Waals surface area (Å²) in [6.07, 6.45) is 6.08. The van der Waals surface area contributed by atoms with E-state index in [0.29, 0.717) is 5.56 Å². The fourth-order valence-electron chi connectivity index (χ4n) is 2.63. The topological polar surface area (TPSA) is 87.6 Å². The van der Waals surface area contributed by atoms with E-state index in [0.717, 1.165) is 43.0 Å². The molecule has 2 rings (SSSR count). The molecule has 6 nitrogen and oxygen atoms in total. The lowest BCUT2D eigenvalue weighted by atomic mass is 10.1. The predicted molar refractivity (Wildman–Crippen MR) is 79.3 cm³/mol. The Bertz CT molecular complexity index is 493. The van der Waals surface area contributed by atoms with Crippen LogP contribution in [-0.4, -0.2) is 34.3 Å². The van der Waals surface area contributed by atoms with Gasteiger partial charge in [-0.05, 0) is 32.3 Å². The van der Waals surface area contributed by atoms with Crippen molar-refractivity contribution >= 4 is 11.7 Å². The quantitative estimate of drug-likeness (QED) is 0.373. The number of nitrogens with two attached hydrogens (primary N) is 1. The van der Waals surface area contributed by atoms with Crippen molar-refractivity contribution in [3.05, 3.63) is 16.8 Å². The molecule has 1 aliphatic rings. The van der Waals surface area contributed by atoms with Crippen LogP contribution >= 0.6 is 0 Å². The summed E-state index contributed by atoms with van der Waals surface area (Å²) in [6.45, 7) is 5.71. The van der Waals surface area contributed by atoms with E-state index in [4.69, 9.17) is 10.9 Å². The van der Waals surface area contributed by atoms with Gasteiger partial charge in [0.15, 0.2) is 11.7 Å². The van der Waals surface area contributed by atoms with Gasteiger partial charge in [-0.1, -0.05) is 24.4 Å². The average Bonchev–Trinajstić information content (AvgIpc) is 2.41. The largest absolute Gasteiger partial charge is 0.409 e. The van der Waals surface area contributed by atoms with E-state index in [1.807, 2.05) is 13.8 Å². The van der Waals surface area contributed by atoms with Crippen molar-refractivity contribution in [2.45, 2.75) is 46.0 Å². The number of amidine groups is 1. The van der Waals surface area contributed by atoms with Crippen molar-refractivity contribution in [1.82, 2.24) is 10.2 Å². The molecule has 0 saturated carbocycles. The first-order valence-electron chi connectivity index (χ1n) is 7.22. The first-order valence-corrected chi connectivity index (χ1v) is 7.22. The Morgan fingerprint density at radius 1 is 1.10 bits per heavy atom. The average molecular weight is 277 g/mol. The Morgan fingerprint density at radius 3 is 2.30 bits per heavy atom. The van der Waals surface area contributed by atoms with Crippen LogP contribution in [0.1, 0.15) is 48.9 Å². The van der Waals surface area contributed by atoms with Gasteiger partial charge in [0.25, 0.3) is 0 Å². The molecular weight excluding hydrogens is 254 g/mol. The van der Waals surface area contributed by atoms with E-state index < -0.39 is 0 Å². The van der Waals surface area contributed by atoms with Crippen LogP contribution in [-0.2, 0) is 0 Å². The molecule has 1 saturated heterocycles. The van der Waals surface area contributed by atoms with Gasteiger partial charge in [-0.25, -0.2) is 0 Å². The van der Waals surface area contributed by atoms with E-state index >= 15 is 0 Å². The van der Waals surface area contributed by atoms with Crippen LogP contribution in [0.25, 0.3) is 0 Å². The molecule has 0 bridgehead atoms. The molecule has 1 fully saturated rings. The first kappa shape index (κ1) is 14.6. The zero-order chi connectivity index (χ0) is 14.5. The van der Waals surface area contributed by atoms with Gasteiger partial charge in [-0.15, -0.1) is 5.10 Å². The highest BCUT2D eigenvalue weighted by Crippen LogP contribution is 2.24. The summed E-state index contributed by atoms with van der Waals surface area (Å²) in [7, 11) is 0. The lowest BCUT2D eigenvalue weighted by Gasteiger charge is -2.27. The maximum atomic E-state index is 9.02. The SMILES string of the molecule is Cc1nnc(N2CCCCCCC2)c(/C(N)=N/O)c1C. The molecule has 0 spiro atoms. The smallest absolute Gasteiger partial charge is 0.174 e. The minimum atomic E-state index is 0.109. The van der Waals surface area contributed by atoms with Crippen molar-refractivity contribution < 1.29 is 5.21 Å². The molecule has 1 aromatic rings. The predicted octanol–water partition coefficient (Wildman–Crippen LogP) is 1.96. The molecule has 0 radical (unpaired) electrons. The zero-order valence-electron chi connectivity index (χ0n) is 12.3. The maximum absolute atomic E-state index is 9.02. The van der Waals surface area contributed by atoms with Crippen LogP contribution in [0.2, 0.25) is 0 Å². The van der Waals surface area contributed by atoms with E-state index in [9.17, 15) is 0 Å². The highest BCUT2D eigenvalue weighted by molar-refractivity contribution is 6.02. The number of anilines is 1. The zero-order valence-corrected chi connectivity index (χ0v) is 12.3. The summed E-state index contributed by atoms with van der Waals surface area (Å²) in [5.41, 5.74) is 8.29. The van der Waals surface area contributed by atoms with Crippen LogP contribution in [0.5, 0.6) is 0 Å². The van der Waals surface area contributed by atoms with Crippen molar-refractivity contribution in [1.29, 1.82) is 0 Å².